The minimum absolute atomic E-state index is 0. The minimum atomic E-state index is 0. The second-order valence-electron chi connectivity index (χ2n) is 6.68. The van der Waals surface area contributed by atoms with Gasteiger partial charge in [-0.3, -0.25) is 14.6 Å². The van der Waals surface area contributed by atoms with E-state index in [-0.39, 0.29) is 24.0 Å². The van der Waals surface area contributed by atoms with Gasteiger partial charge in [0, 0.05) is 58.2 Å². The van der Waals surface area contributed by atoms with Crippen molar-refractivity contribution in [3.05, 3.63) is 18.5 Å². The number of ether oxygens (including phenoxy) is 1. The minimum Gasteiger partial charge on any atom is -0.373 e. The SMILES string of the molecule is CCNC(=NCCCn1cccn1)NCCCN1CC(C)OC(C)C1.I. The summed E-state index contributed by atoms with van der Waals surface area (Å²) in [6, 6.07) is 1.95. The third-order valence-corrected chi connectivity index (χ3v) is 4.16. The van der Waals surface area contributed by atoms with Gasteiger partial charge in [-0.25, -0.2) is 0 Å². The Balaban J connectivity index is 0.00000338. The first-order valence-electron chi connectivity index (χ1n) is 9.54. The molecular formula is C18H35IN6O. The Labute approximate surface area is 175 Å². The van der Waals surface area contributed by atoms with Crippen molar-refractivity contribution in [2.45, 2.75) is 52.4 Å². The van der Waals surface area contributed by atoms with Gasteiger partial charge >= 0.3 is 0 Å². The topological polar surface area (TPSA) is 66.7 Å². The van der Waals surface area contributed by atoms with Gasteiger partial charge in [-0.15, -0.1) is 24.0 Å². The van der Waals surface area contributed by atoms with Crippen molar-refractivity contribution in [1.82, 2.24) is 25.3 Å². The summed E-state index contributed by atoms with van der Waals surface area (Å²) in [5, 5.41) is 11.0. The molecule has 8 heteroatoms. The first kappa shape index (κ1) is 23.2. The van der Waals surface area contributed by atoms with Gasteiger partial charge in [0.05, 0.1) is 12.2 Å². The van der Waals surface area contributed by atoms with E-state index in [1.165, 1.54) is 0 Å². The van der Waals surface area contributed by atoms with Crippen molar-refractivity contribution in [1.29, 1.82) is 0 Å². The molecule has 0 spiro atoms. The monoisotopic (exact) mass is 478 g/mol. The fourth-order valence-electron chi connectivity index (χ4n) is 3.17. The van der Waals surface area contributed by atoms with Crippen LogP contribution in [-0.4, -0.2) is 72.1 Å². The third kappa shape index (κ3) is 9.18. The zero-order valence-electron chi connectivity index (χ0n) is 16.4. The van der Waals surface area contributed by atoms with E-state index < -0.39 is 0 Å². The van der Waals surface area contributed by atoms with Crippen molar-refractivity contribution in [3.8, 4) is 0 Å². The van der Waals surface area contributed by atoms with Crippen LogP contribution >= 0.6 is 24.0 Å². The van der Waals surface area contributed by atoms with Crippen LogP contribution in [0.4, 0.5) is 0 Å². The zero-order valence-corrected chi connectivity index (χ0v) is 18.7. The summed E-state index contributed by atoms with van der Waals surface area (Å²) in [7, 11) is 0. The molecule has 1 aliphatic rings. The summed E-state index contributed by atoms with van der Waals surface area (Å²) in [5.41, 5.74) is 0. The maximum Gasteiger partial charge on any atom is 0.191 e. The highest BCUT2D eigenvalue weighted by Gasteiger charge is 2.21. The molecule has 2 unspecified atom stereocenters. The summed E-state index contributed by atoms with van der Waals surface area (Å²) in [6.07, 6.45) is 6.57. The summed E-state index contributed by atoms with van der Waals surface area (Å²) in [5.74, 6) is 0.909. The first-order chi connectivity index (χ1) is 12.2. The van der Waals surface area contributed by atoms with E-state index in [1.54, 1.807) is 0 Å². The van der Waals surface area contributed by atoms with Crippen LogP contribution in [-0.2, 0) is 11.3 Å². The molecule has 2 rings (SSSR count). The van der Waals surface area contributed by atoms with Gasteiger partial charge in [0.25, 0.3) is 0 Å². The number of aryl methyl sites for hydroxylation is 1. The molecule has 2 atom stereocenters. The van der Waals surface area contributed by atoms with Crippen molar-refractivity contribution in [2.24, 2.45) is 4.99 Å². The van der Waals surface area contributed by atoms with E-state index in [0.29, 0.717) is 12.2 Å². The van der Waals surface area contributed by atoms with Gasteiger partial charge in [-0.2, -0.15) is 5.10 Å². The van der Waals surface area contributed by atoms with Gasteiger partial charge in [-0.05, 0) is 39.7 Å². The lowest BCUT2D eigenvalue weighted by molar-refractivity contribution is -0.0679. The maximum absolute atomic E-state index is 5.78. The largest absolute Gasteiger partial charge is 0.373 e. The predicted octanol–water partition coefficient (Wildman–Crippen LogP) is 1.95. The number of morpholine rings is 1. The van der Waals surface area contributed by atoms with Gasteiger partial charge in [0.2, 0.25) is 0 Å². The quantitative estimate of drug-likeness (QED) is 0.246. The number of guanidine groups is 1. The van der Waals surface area contributed by atoms with Crippen LogP contribution in [0.3, 0.4) is 0 Å². The molecule has 2 heterocycles. The lowest BCUT2D eigenvalue weighted by atomic mass is 10.2. The van der Waals surface area contributed by atoms with Crippen molar-refractivity contribution in [3.63, 3.8) is 0 Å². The highest BCUT2D eigenvalue weighted by Crippen LogP contribution is 2.10. The number of rotatable bonds is 9. The molecule has 0 radical (unpaired) electrons. The standard InChI is InChI=1S/C18H34N6O.HI/c1-4-19-18(21-9-6-12-24-13-7-10-22-24)20-8-5-11-23-14-16(2)25-17(3)15-23;/h7,10,13,16-17H,4-6,8-9,11-12,14-15H2,1-3H3,(H2,19,20,21);1H. The Hall–Kier alpha value is -0.870. The number of aliphatic imine (C=N–C) groups is 1. The van der Waals surface area contributed by atoms with E-state index in [2.05, 4.69) is 46.4 Å². The molecule has 0 aromatic carbocycles. The number of nitrogens with zero attached hydrogens (tertiary/aromatic N) is 4. The Morgan fingerprint density at radius 3 is 2.62 bits per heavy atom. The molecule has 1 fully saturated rings. The highest BCUT2D eigenvalue weighted by atomic mass is 127. The smallest absolute Gasteiger partial charge is 0.191 e. The Kier molecular flexibility index (Phi) is 11.9. The fourth-order valence-corrected chi connectivity index (χ4v) is 3.17. The number of halogens is 1. The molecular weight excluding hydrogens is 443 g/mol. The molecule has 0 amide bonds. The van der Waals surface area contributed by atoms with Crippen LogP contribution in [0, 0.1) is 0 Å². The van der Waals surface area contributed by atoms with Gasteiger partial charge < -0.3 is 15.4 Å². The van der Waals surface area contributed by atoms with Crippen molar-refractivity contribution >= 4 is 29.9 Å². The predicted molar refractivity (Wildman–Crippen MR) is 117 cm³/mol. The fraction of sp³-hybridized carbons (Fsp3) is 0.778. The Bertz CT molecular complexity index is 486. The second kappa shape index (κ2) is 13.3. The summed E-state index contributed by atoms with van der Waals surface area (Å²) in [4.78, 5) is 7.14. The second-order valence-corrected chi connectivity index (χ2v) is 6.68. The molecule has 1 aromatic rings. The van der Waals surface area contributed by atoms with E-state index in [4.69, 9.17) is 4.74 Å². The van der Waals surface area contributed by atoms with Crippen LogP contribution in [0.1, 0.15) is 33.6 Å². The number of hydrogen-bond donors (Lipinski definition) is 2. The molecule has 0 bridgehead atoms. The van der Waals surface area contributed by atoms with E-state index in [9.17, 15) is 0 Å². The Morgan fingerprint density at radius 2 is 1.96 bits per heavy atom. The maximum atomic E-state index is 5.78. The molecule has 150 valence electrons. The Morgan fingerprint density at radius 1 is 1.19 bits per heavy atom. The normalized spacial score (nSPS) is 21.3. The number of hydrogen-bond acceptors (Lipinski definition) is 4. The third-order valence-electron chi connectivity index (χ3n) is 4.16. The summed E-state index contributed by atoms with van der Waals surface area (Å²) >= 11 is 0. The van der Waals surface area contributed by atoms with Gasteiger partial charge in [0.15, 0.2) is 5.96 Å². The lowest BCUT2D eigenvalue weighted by Gasteiger charge is -2.35. The van der Waals surface area contributed by atoms with Gasteiger partial charge in [0.1, 0.15) is 0 Å². The molecule has 0 aliphatic carbocycles. The molecule has 1 aliphatic heterocycles. The van der Waals surface area contributed by atoms with E-state index >= 15 is 0 Å². The molecule has 7 nitrogen and oxygen atoms in total. The highest BCUT2D eigenvalue weighted by molar-refractivity contribution is 14.0. The van der Waals surface area contributed by atoms with Crippen molar-refractivity contribution < 1.29 is 4.74 Å². The first-order valence-corrected chi connectivity index (χ1v) is 9.54. The zero-order chi connectivity index (χ0) is 17.9. The van der Waals surface area contributed by atoms with Crippen LogP contribution in [0.15, 0.2) is 23.5 Å². The summed E-state index contributed by atoms with van der Waals surface area (Å²) in [6.45, 7) is 13.1. The van der Waals surface area contributed by atoms with E-state index in [1.807, 2.05) is 23.1 Å². The van der Waals surface area contributed by atoms with Gasteiger partial charge in [-0.1, -0.05) is 0 Å². The van der Waals surface area contributed by atoms with Crippen LogP contribution in [0.25, 0.3) is 0 Å². The average Bonchev–Trinajstić information content (AvgIpc) is 3.08. The van der Waals surface area contributed by atoms with E-state index in [0.717, 1.165) is 64.6 Å². The van der Waals surface area contributed by atoms with Crippen molar-refractivity contribution in [2.75, 3.05) is 39.3 Å². The molecule has 1 aromatic heterocycles. The molecule has 0 saturated carbocycles. The molecule has 2 N–H and O–H groups in total. The molecule has 26 heavy (non-hydrogen) atoms. The average molecular weight is 478 g/mol. The van der Waals surface area contributed by atoms with Crippen LogP contribution < -0.4 is 10.6 Å². The molecule has 1 saturated heterocycles. The van der Waals surface area contributed by atoms with Crippen LogP contribution in [0.2, 0.25) is 0 Å². The summed E-state index contributed by atoms with van der Waals surface area (Å²) < 4.78 is 7.73. The number of aromatic nitrogens is 2. The van der Waals surface area contributed by atoms with Crippen LogP contribution in [0.5, 0.6) is 0 Å². The lowest BCUT2D eigenvalue weighted by Crippen LogP contribution is -2.46. The number of nitrogens with one attached hydrogen (secondary N) is 2.